The highest BCUT2D eigenvalue weighted by Gasteiger charge is 2.29. The van der Waals surface area contributed by atoms with Crippen molar-refractivity contribution in [1.82, 2.24) is 10.6 Å². The summed E-state index contributed by atoms with van der Waals surface area (Å²) in [5.74, 6) is -0.650. The van der Waals surface area contributed by atoms with Gasteiger partial charge in [0, 0.05) is 25.5 Å². The van der Waals surface area contributed by atoms with E-state index in [4.69, 9.17) is 0 Å². The summed E-state index contributed by atoms with van der Waals surface area (Å²) in [7, 11) is 0. The molecule has 0 radical (unpaired) electrons. The highest BCUT2D eigenvalue weighted by atomic mass is 19.1. The minimum atomic E-state index is -0.372. The molecule has 19 heavy (non-hydrogen) atoms. The van der Waals surface area contributed by atoms with Gasteiger partial charge in [-0.25, -0.2) is 8.78 Å². The number of hydrogen-bond donors (Lipinski definition) is 2. The fourth-order valence-corrected chi connectivity index (χ4v) is 2.67. The van der Waals surface area contributed by atoms with Crippen LogP contribution >= 0.6 is 0 Å². The topological polar surface area (TPSA) is 24.1 Å². The number of hydrogen-bond acceptors (Lipinski definition) is 2. The van der Waals surface area contributed by atoms with Crippen molar-refractivity contribution in [3.8, 4) is 0 Å². The van der Waals surface area contributed by atoms with E-state index in [0.717, 1.165) is 25.9 Å². The van der Waals surface area contributed by atoms with E-state index < -0.39 is 0 Å². The summed E-state index contributed by atoms with van der Waals surface area (Å²) in [6.07, 6.45) is 4.09. The van der Waals surface area contributed by atoms with Gasteiger partial charge in [-0.15, -0.1) is 0 Å². The van der Waals surface area contributed by atoms with Crippen LogP contribution in [0.4, 0.5) is 8.78 Å². The first kappa shape index (κ1) is 16.3. The van der Waals surface area contributed by atoms with Crippen LogP contribution in [0.1, 0.15) is 47.9 Å². The number of nitrogens with one attached hydrogen (secondary N) is 2. The molecule has 1 saturated heterocycles. The molecular weight excluding hydrogens is 246 g/mol. The number of halogens is 2. The standard InChI is InChI=1S/C13H20F2N2.C2H6.H2/c1-2-16-9-6-7-17-12(8-9)13-10(14)4-3-5-11(13)15;1-2;/h4,9,12,16-17H,2-3,5-8H2,1H3;1-2H3;1H/t9-,12+;;/m1../s1. The van der Waals surface area contributed by atoms with Crippen LogP contribution in [0.25, 0.3) is 0 Å². The molecule has 2 nitrogen and oxygen atoms in total. The Morgan fingerprint density at radius 1 is 1.42 bits per heavy atom. The molecule has 1 fully saturated rings. The van der Waals surface area contributed by atoms with Gasteiger partial charge in [0.15, 0.2) is 0 Å². The average Bonchev–Trinajstić information content (AvgIpc) is 2.42. The predicted octanol–water partition coefficient (Wildman–Crippen LogP) is 3.86. The highest BCUT2D eigenvalue weighted by molar-refractivity contribution is 5.36. The first-order valence-electron chi connectivity index (χ1n) is 7.43. The summed E-state index contributed by atoms with van der Waals surface area (Å²) >= 11 is 0. The molecule has 2 atom stereocenters. The molecule has 0 aromatic heterocycles. The Bertz CT molecular complexity index is 341. The molecule has 0 bridgehead atoms. The normalized spacial score (nSPS) is 27.5. The molecule has 1 aliphatic heterocycles. The average molecular weight is 274 g/mol. The predicted molar refractivity (Wildman–Crippen MR) is 78.5 cm³/mol. The second-order valence-corrected chi connectivity index (χ2v) is 4.69. The highest BCUT2D eigenvalue weighted by Crippen LogP contribution is 2.32. The molecule has 2 aliphatic rings. The molecular formula is C15H28F2N2. The van der Waals surface area contributed by atoms with E-state index in [0.29, 0.717) is 18.9 Å². The molecule has 0 saturated carbocycles. The first-order chi connectivity index (χ1) is 9.22. The fourth-order valence-electron chi connectivity index (χ4n) is 2.67. The molecule has 1 heterocycles. The van der Waals surface area contributed by atoms with Gasteiger partial charge in [-0.05, 0) is 38.4 Å². The van der Waals surface area contributed by atoms with E-state index in [1.807, 2.05) is 13.8 Å². The van der Waals surface area contributed by atoms with E-state index in [-0.39, 0.29) is 24.7 Å². The molecule has 2 N–H and O–H groups in total. The minimum Gasteiger partial charge on any atom is -0.314 e. The summed E-state index contributed by atoms with van der Waals surface area (Å²) in [5, 5.41) is 6.58. The lowest BCUT2D eigenvalue weighted by Gasteiger charge is -2.33. The lowest BCUT2D eigenvalue weighted by Crippen LogP contribution is -2.47. The van der Waals surface area contributed by atoms with Gasteiger partial charge >= 0.3 is 0 Å². The smallest absolute Gasteiger partial charge is 0.126 e. The largest absolute Gasteiger partial charge is 0.314 e. The second-order valence-electron chi connectivity index (χ2n) is 4.69. The van der Waals surface area contributed by atoms with Crippen molar-refractivity contribution in [3.63, 3.8) is 0 Å². The van der Waals surface area contributed by atoms with Crippen molar-refractivity contribution < 1.29 is 10.2 Å². The summed E-state index contributed by atoms with van der Waals surface area (Å²) in [6.45, 7) is 7.77. The summed E-state index contributed by atoms with van der Waals surface area (Å²) in [5.41, 5.74) is 0.263. The van der Waals surface area contributed by atoms with Gasteiger partial charge < -0.3 is 10.6 Å². The van der Waals surface area contributed by atoms with E-state index in [9.17, 15) is 8.78 Å². The maximum absolute atomic E-state index is 13.7. The van der Waals surface area contributed by atoms with Crippen LogP contribution in [-0.4, -0.2) is 25.2 Å². The Morgan fingerprint density at radius 2 is 2.16 bits per heavy atom. The lowest BCUT2D eigenvalue weighted by molar-refractivity contribution is 0.336. The summed E-state index contributed by atoms with van der Waals surface area (Å²) in [6, 6.07) is 0.186. The van der Waals surface area contributed by atoms with Crippen LogP contribution in [0.2, 0.25) is 0 Å². The third-order valence-corrected chi connectivity index (χ3v) is 3.48. The van der Waals surface area contributed by atoms with Crippen LogP contribution in [0, 0.1) is 0 Å². The van der Waals surface area contributed by atoms with Gasteiger partial charge in [0.05, 0.1) is 0 Å². The van der Waals surface area contributed by atoms with Crippen LogP contribution in [0.5, 0.6) is 0 Å². The van der Waals surface area contributed by atoms with Gasteiger partial charge in [0.1, 0.15) is 11.7 Å². The summed E-state index contributed by atoms with van der Waals surface area (Å²) < 4.78 is 27.4. The van der Waals surface area contributed by atoms with Crippen LogP contribution < -0.4 is 10.6 Å². The molecule has 0 spiro atoms. The Morgan fingerprint density at radius 3 is 2.79 bits per heavy atom. The molecule has 1 aliphatic carbocycles. The molecule has 4 heteroatoms. The van der Waals surface area contributed by atoms with Crippen molar-refractivity contribution in [2.75, 3.05) is 13.1 Å². The molecule has 0 aromatic rings. The lowest BCUT2D eigenvalue weighted by atomic mass is 9.89. The van der Waals surface area contributed by atoms with Crippen molar-refractivity contribution >= 4 is 0 Å². The van der Waals surface area contributed by atoms with Gasteiger partial charge in [-0.3, -0.25) is 0 Å². The first-order valence-corrected chi connectivity index (χ1v) is 7.43. The quantitative estimate of drug-likeness (QED) is 0.816. The van der Waals surface area contributed by atoms with Gasteiger partial charge in [-0.1, -0.05) is 20.8 Å². The number of allylic oxidation sites excluding steroid dienone is 2. The van der Waals surface area contributed by atoms with E-state index in [1.54, 1.807) is 0 Å². The molecule has 0 aromatic carbocycles. The Kier molecular flexibility index (Phi) is 7.24. The third kappa shape index (κ3) is 4.39. The zero-order chi connectivity index (χ0) is 14.3. The molecule has 2 rings (SSSR count). The van der Waals surface area contributed by atoms with Gasteiger partial charge in [0.2, 0.25) is 0 Å². The Balaban J connectivity index is 0.00000115. The van der Waals surface area contributed by atoms with Gasteiger partial charge in [-0.2, -0.15) is 0 Å². The Hall–Kier alpha value is -0.740. The van der Waals surface area contributed by atoms with Crippen LogP contribution in [-0.2, 0) is 0 Å². The molecule has 112 valence electrons. The second kappa shape index (κ2) is 8.43. The number of piperidine rings is 1. The van der Waals surface area contributed by atoms with Crippen LogP contribution in [0.3, 0.4) is 0 Å². The SMILES string of the molecule is CC.CCN[C@@H]1CCN[C@H](C2=C(F)CCC=C2F)C1.[HH]. The van der Waals surface area contributed by atoms with Crippen LogP contribution in [0.15, 0.2) is 23.3 Å². The van der Waals surface area contributed by atoms with Gasteiger partial charge in [0.25, 0.3) is 0 Å². The minimum absolute atomic E-state index is 0. The molecule has 0 unspecified atom stereocenters. The Labute approximate surface area is 116 Å². The summed E-state index contributed by atoms with van der Waals surface area (Å²) in [4.78, 5) is 0. The van der Waals surface area contributed by atoms with E-state index >= 15 is 0 Å². The number of rotatable bonds is 3. The fraction of sp³-hybridized carbons (Fsp3) is 0.733. The maximum atomic E-state index is 13.7. The van der Waals surface area contributed by atoms with E-state index in [2.05, 4.69) is 17.6 Å². The molecule has 0 amide bonds. The van der Waals surface area contributed by atoms with Crippen molar-refractivity contribution in [3.05, 3.63) is 23.3 Å². The van der Waals surface area contributed by atoms with Crippen molar-refractivity contribution in [2.45, 2.75) is 58.5 Å². The zero-order valence-corrected chi connectivity index (χ0v) is 12.2. The maximum Gasteiger partial charge on any atom is 0.126 e. The monoisotopic (exact) mass is 274 g/mol. The van der Waals surface area contributed by atoms with E-state index in [1.165, 1.54) is 6.08 Å². The van der Waals surface area contributed by atoms with Crippen molar-refractivity contribution in [2.24, 2.45) is 0 Å². The zero-order valence-electron chi connectivity index (χ0n) is 12.2. The van der Waals surface area contributed by atoms with Crippen molar-refractivity contribution in [1.29, 1.82) is 0 Å². The third-order valence-electron chi connectivity index (χ3n) is 3.48.